The van der Waals surface area contributed by atoms with E-state index in [1.807, 2.05) is 6.92 Å². The van der Waals surface area contributed by atoms with E-state index in [-0.39, 0.29) is 22.9 Å². The van der Waals surface area contributed by atoms with Crippen LogP contribution in [0.4, 0.5) is 0 Å². The predicted octanol–water partition coefficient (Wildman–Crippen LogP) is 4.66. The Bertz CT molecular complexity index is 543. The number of hydrogen-bond donors (Lipinski definition) is 1. The van der Waals surface area contributed by atoms with Crippen LogP contribution in [-0.4, -0.2) is 24.3 Å². The summed E-state index contributed by atoms with van der Waals surface area (Å²) in [5, 5.41) is 10.5. The fraction of sp³-hybridized carbons (Fsp3) is 0.762. The summed E-state index contributed by atoms with van der Waals surface area (Å²) in [5.74, 6) is 0.755. The summed E-state index contributed by atoms with van der Waals surface area (Å²) in [5.41, 5.74) is 2.74. The van der Waals surface area contributed by atoms with E-state index in [1.54, 1.807) is 6.08 Å². The molecule has 3 nitrogen and oxygen atoms in total. The molecule has 4 atom stereocenters. The molecule has 24 heavy (non-hydrogen) atoms. The first-order chi connectivity index (χ1) is 11.1. The highest BCUT2D eigenvalue weighted by Crippen LogP contribution is 2.60. The van der Waals surface area contributed by atoms with Gasteiger partial charge in [-0.25, -0.2) is 4.79 Å². The molecule has 0 aliphatic heterocycles. The van der Waals surface area contributed by atoms with Gasteiger partial charge in [0.25, 0.3) is 0 Å². The second-order valence-electron chi connectivity index (χ2n) is 8.72. The maximum Gasteiger partial charge on any atom is 0.330 e. The van der Waals surface area contributed by atoms with Crippen molar-refractivity contribution in [1.29, 1.82) is 0 Å². The zero-order valence-corrected chi connectivity index (χ0v) is 16.2. The van der Waals surface area contributed by atoms with Crippen molar-refractivity contribution < 1.29 is 14.6 Å². The summed E-state index contributed by atoms with van der Waals surface area (Å²) in [6.07, 6.45) is 8.80. The maximum absolute atomic E-state index is 11.4. The zero-order chi connectivity index (χ0) is 18.1. The van der Waals surface area contributed by atoms with Crippen LogP contribution in [0.25, 0.3) is 0 Å². The number of methoxy groups -OCH3 is 1. The van der Waals surface area contributed by atoms with Crippen molar-refractivity contribution in [3.63, 3.8) is 0 Å². The Balaban J connectivity index is 2.20. The average Bonchev–Trinajstić information content (AvgIpc) is 2.50. The van der Waals surface area contributed by atoms with Gasteiger partial charge in [0.2, 0.25) is 0 Å². The number of hydrogen-bond acceptors (Lipinski definition) is 3. The van der Waals surface area contributed by atoms with E-state index in [0.29, 0.717) is 11.8 Å². The summed E-state index contributed by atoms with van der Waals surface area (Å²) < 4.78 is 4.72. The standard InChI is InChI=1S/C21H34O3/c1-14(13-19(23)24-6)7-9-16-15(2)8-10-17-20(3,4)18(22)11-12-21(16,17)5/h8,13,16-18,22H,7,9-12H2,1-6H3/b14-13-/t16-,17-,18-,21+/m0/s1. The van der Waals surface area contributed by atoms with Crippen LogP contribution < -0.4 is 0 Å². The van der Waals surface area contributed by atoms with Crippen molar-refractivity contribution in [2.75, 3.05) is 7.11 Å². The normalized spacial score (nSPS) is 35.9. The quantitative estimate of drug-likeness (QED) is 0.462. The second-order valence-corrected chi connectivity index (χ2v) is 8.72. The maximum atomic E-state index is 11.4. The van der Waals surface area contributed by atoms with Crippen LogP contribution in [0.3, 0.4) is 0 Å². The number of rotatable bonds is 4. The Labute approximate surface area is 147 Å². The van der Waals surface area contributed by atoms with E-state index in [4.69, 9.17) is 4.74 Å². The number of aliphatic hydroxyl groups is 1. The van der Waals surface area contributed by atoms with Crippen LogP contribution >= 0.6 is 0 Å². The molecule has 2 aliphatic carbocycles. The summed E-state index contributed by atoms with van der Waals surface area (Å²) in [6, 6.07) is 0. The van der Waals surface area contributed by atoms with E-state index in [1.165, 1.54) is 12.7 Å². The van der Waals surface area contributed by atoms with Gasteiger partial charge in [-0.15, -0.1) is 0 Å². The van der Waals surface area contributed by atoms with Gasteiger partial charge in [0.15, 0.2) is 0 Å². The first kappa shape index (κ1) is 19.2. The number of aliphatic hydroxyl groups excluding tert-OH is 1. The Morgan fingerprint density at radius 3 is 2.71 bits per heavy atom. The summed E-state index contributed by atoms with van der Waals surface area (Å²) in [6.45, 7) is 11.1. The van der Waals surface area contributed by atoms with Gasteiger partial charge in [-0.2, -0.15) is 0 Å². The fourth-order valence-electron chi connectivity index (χ4n) is 5.29. The highest BCUT2D eigenvalue weighted by Gasteiger charge is 2.54. The van der Waals surface area contributed by atoms with Gasteiger partial charge in [0.05, 0.1) is 13.2 Å². The van der Waals surface area contributed by atoms with Crippen LogP contribution in [0.2, 0.25) is 0 Å². The van der Waals surface area contributed by atoms with Crippen LogP contribution in [0.15, 0.2) is 23.3 Å². The van der Waals surface area contributed by atoms with Crippen LogP contribution in [0.5, 0.6) is 0 Å². The number of allylic oxidation sites excluding steroid dienone is 3. The van der Waals surface area contributed by atoms with Crippen LogP contribution in [0.1, 0.15) is 66.7 Å². The van der Waals surface area contributed by atoms with E-state index >= 15 is 0 Å². The topological polar surface area (TPSA) is 46.5 Å². The lowest BCUT2D eigenvalue weighted by atomic mass is 9.47. The minimum Gasteiger partial charge on any atom is -0.466 e. The smallest absolute Gasteiger partial charge is 0.330 e. The molecule has 0 amide bonds. The van der Waals surface area contributed by atoms with Gasteiger partial charge >= 0.3 is 5.97 Å². The van der Waals surface area contributed by atoms with Crippen molar-refractivity contribution >= 4 is 5.97 Å². The molecule has 3 heteroatoms. The molecule has 1 saturated carbocycles. The van der Waals surface area contributed by atoms with Gasteiger partial charge < -0.3 is 9.84 Å². The fourth-order valence-corrected chi connectivity index (χ4v) is 5.29. The molecular weight excluding hydrogens is 300 g/mol. The molecule has 0 spiro atoms. The van der Waals surface area contributed by atoms with E-state index in [0.717, 1.165) is 37.7 Å². The molecule has 0 unspecified atom stereocenters. The van der Waals surface area contributed by atoms with Gasteiger partial charge in [0, 0.05) is 6.08 Å². The molecule has 1 N–H and O–H groups in total. The van der Waals surface area contributed by atoms with Crippen LogP contribution in [-0.2, 0) is 9.53 Å². The molecule has 2 aliphatic rings. The van der Waals surface area contributed by atoms with Crippen molar-refractivity contribution in [2.45, 2.75) is 72.8 Å². The Morgan fingerprint density at radius 2 is 2.08 bits per heavy atom. The largest absolute Gasteiger partial charge is 0.466 e. The Morgan fingerprint density at radius 1 is 1.42 bits per heavy atom. The monoisotopic (exact) mass is 334 g/mol. The lowest BCUT2D eigenvalue weighted by Gasteiger charge is -2.58. The SMILES string of the molecule is COC(=O)/C=C(/C)CC[C@H]1C(C)=CC[C@H]2C(C)(C)[C@@H](O)CC[C@]12C. The number of esters is 1. The summed E-state index contributed by atoms with van der Waals surface area (Å²) in [7, 11) is 1.42. The lowest BCUT2D eigenvalue weighted by molar-refractivity contribution is -0.134. The zero-order valence-electron chi connectivity index (χ0n) is 16.2. The average molecular weight is 335 g/mol. The highest BCUT2D eigenvalue weighted by atomic mass is 16.5. The van der Waals surface area contributed by atoms with Gasteiger partial charge in [0.1, 0.15) is 0 Å². The number of carbonyl (C=O) groups excluding carboxylic acids is 1. The van der Waals surface area contributed by atoms with Gasteiger partial charge in [-0.1, -0.05) is 38.0 Å². The molecule has 0 aromatic carbocycles. The predicted molar refractivity (Wildman–Crippen MR) is 97.5 cm³/mol. The molecule has 0 radical (unpaired) electrons. The van der Waals surface area contributed by atoms with Crippen molar-refractivity contribution in [3.8, 4) is 0 Å². The van der Waals surface area contributed by atoms with E-state index in [2.05, 4.69) is 33.8 Å². The van der Waals surface area contributed by atoms with Crippen molar-refractivity contribution in [3.05, 3.63) is 23.3 Å². The first-order valence-electron chi connectivity index (χ1n) is 9.22. The minimum absolute atomic E-state index is 0.0423. The van der Waals surface area contributed by atoms with Gasteiger partial charge in [-0.3, -0.25) is 0 Å². The molecule has 0 bridgehead atoms. The first-order valence-corrected chi connectivity index (χ1v) is 9.22. The lowest BCUT2D eigenvalue weighted by Crippen LogP contribution is -2.54. The van der Waals surface area contributed by atoms with E-state index < -0.39 is 0 Å². The molecule has 0 aromatic heterocycles. The third-order valence-electron chi connectivity index (χ3n) is 6.92. The molecule has 2 rings (SSSR count). The summed E-state index contributed by atoms with van der Waals surface area (Å²) >= 11 is 0. The number of fused-ring (bicyclic) bond motifs is 1. The molecule has 0 heterocycles. The highest BCUT2D eigenvalue weighted by molar-refractivity contribution is 5.82. The number of carbonyl (C=O) groups is 1. The third-order valence-corrected chi connectivity index (χ3v) is 6.92. The Hall–Kier alpha value is -1.09. The Kier molecular flexibility index (Phi) is 5.64. The van der Waals surface area contributed by atoms with Crippen molar-refractivity contribution in [2.24, 2.45) is 22.7 Å². The second kappa shape index (κ2) is 7.03. The molecule has 136 valence electrons. The van der Waals surface area contributed by atoms with Gasteiger partial charge in [-0.05, 0) is 68.6 Å². The molecule has 0 saturated heterocycles. The van der Waals surface area contributed by atoms with Crippen molar-refractivity contribution in [1.82, 2.24) is 0 Å². The summed E-state index contributed by atoms with van der Waals surface area (Å²) in [4.78, 5) is 11.4. The van der Waals surface area contributed by atoms with E-state index in [9.17, 15) is 9.90 Å². The molecule has 1 fully saturated rings. The number of ether oxygens (including phenoxy) is 1. The van der Waals surface area contributed by atoms with Crippen LogP contribution in [0, 0.1) is 22.7 Å². The molecule has 0 aromatic rings. The minimum atomic E-state index is -0.269. The third kappa shape index (κ3) is 3.46. The molecular formula is C21H34O3.